The molecule has 1 amide bonds. The molecule has 0 saturated heterocycles. The first-order valence-electron chi connectivity index (χ1n) is 11.7. The highest BCUT2D eigenvalue weighted by Gasteiger charge is 2.28. The van der Waals surface area contributed by atoms with E-state index < -0.39 is 0 Å². The van der Waals surface area contributed by atoms with Crippen LogP contribution in [-0.4, -0.2) is 41.7 Å². The molecule has 1 N–H and O–H groups in total. The van der Waals surface area contributed by atoms with Crippen LogP contribution >= 0.6 is 0 Å². The molecule has 0 aliphatic heterocycles. The molecule has 0 unspecified atom stereocenters. The fourth-order valence-corrected chi connectivity index (χ4v) is 5.04. The van der Waals surface area contributed by atoms with Gasteiger partial charge in [-0.25, -0.2) is 9.97 Å². The van der Waals surface area contributed by atoms with Gasteiger partial charge in [0.1, 0.15) is 0 Å². The molecular formula is C24H35N5O2. The number of nitrogens with one attached hydrogen (secondary N) is 1. The second-order valence-electron chi connectivity index (χ2n) is 9.57. The highest BCUT2D eigenvalue weighted by molar-refractivity contribution is 5.76. The predicted molar refractivity (Wildman–Crippen MR) is 121 cm³/mol. The van der Waals surface area contributed by atoms with Gasteiger partial charge in [0.2, 0.25) is 11.9 Å². The Morgan fingerprint density at radius 2 is 1.87 bits per heavy atom. The number of anilines is 1. The Balaban J connectivity index is 1.37. The van der Waals surface area contributed by atoms with Gasteiger partial charge in [-0.2, -0.15) is 0 Å². The van der Waals surface area contributed by atoms with Crippen molar-refractivity contribution in [1.29, 1.82) is 0 Å². The monoisotopic (exact) mass is 425 g/mol. The van der Waals surface area contributed by atoms with E-state index in [2.05, 4.69) is 15.5 Å². The maximum absolute atomic E-state index is 12.3. The van der Waals surface area contributed by atoms with Crippen LogP contribution in [0.4, 0.5) is 5.95 Å². The van der Waals surface area contributed by atoms with Gasteiger partial charge in [-0.3, -0.25) is 4.79 Å². The van der Waals surface area contributed by atoms with E-state index in [0.29, 0.717) is 24.2 Å². The third-order valence-corrected chi connectivity index (χ3v) is 6.87. The Labute approximate surface area is 185 Å². The molecule has 7 nitrogen and oxygen atoms in total. The first kappa shape index (κ1) is 21.8. The second-order valence-corrected chi connectivity index (χ2v) is 9.57. The first-order chi connectivity index (χ1) is 15.0. The Morgan fingerprint density at radius 3 is 2.52 bits per heavy atom. The van der Waals surface area contributed by atoms with Gasteiger partial charge in [0.25, 0.3) is 0 Å². The van der Waals surface area contributed by atoms with Crippen LogP contribution in [0.1, 0.15) is 75.1 Å². The van der Waals surface area contributed by atoms with Crippen molar-refractivity contribution in [2.24, 2.45) is 11.8 Å². The Kier molecular flexibility index (Phi) is 6.88. The number of carbonyl (C=O) groups is 1. The van der Waals surface area contributed by atoms with Gasteiger partial charge in [0.05, 0.1) is 17.0 Å². The highest BCUT2D eigenvalue weighted by Crippen LogP contribution is 2.39. The average Bonchev–Trinajstić information content (AvgIpc) is 3.44. The summed E-state index contributed by atoms with van der Waals surface area (Å²) in [7, 11) is 3.92. The van der Waals surface area contributed by atoms with Crippen LogP contribution in [-0.2, 0) is 4.79 Å². The van der Waals surface area contributed by atoms with Gasteiger partial charge < -0.3 is 14.7 Å². The lowest BCUT2D eigenvalue weighted by Gasteiger charge is -2.29. The molecule has 31 heavy (non-hydrogen) atoms. The number of hydrogen-bond donors (Lipinski definition) is 1. The number of rotatable bonds is 7. The standard InChI is InChI=1S/C24H35N5O2/c1-16-12-21(31-28-16)20-15-26-24(29(2)3)27-23(20)19-10-8-18(9-11-19)14-25-22(30)13-17-6-4-5-7-17/h12,15,17-19H,4-11,13-14H2,1-3H3,(H,25,30). The molecule has 7 heteroatoms. The topological polar surface area (TPSA) is 84.2 Å². The van der Waals surface area contributed by atoms with Gasteiger partial charge >= 0.3 is 0 Å². The zero-order valence-electron chi connectivity index (χ0n) is 19.1. The molecular weight excluding hydrogens is 390 g/mol. The zero-order chi connectivity index (χ0) is 21.8. The number of amides is 1. The minimum absolute atomic E-state index is 0.239. The summed E-state index contributed by atoms with van der Waals surface area (Å²) < 4.78 is 5.53. The SMILES string of the molecule is Cc1cc(-c2cnc(N(C)C)nc2C2CCC(CNC(=O)CC3CCCC3)CC2)on1. The Bertz CT molecular complexity index is 880. The second kappa shape index (κ2) is 9.79. The number of nitrogens with zero attached hydrogens (tertiary/aromatic N) is 4. The molecule has 2 aliphatic carbocycles. The van der Waals surface area contributed by atoms with E-state index in [1.807, 2.05) is 38.2 Å². The average molecular weight is 426 g/mol. The van der Waals surface area contributed by atoms with Gasteiger partial charge in [0.15, 0.2) is 5.76 Å². The molecule has 2 fully saturated rings. The maximum Gasteiger partial charge on any atom is 0.225 e. The molecule has 0 radical (unpaired) electrons. The number of hydrogen-bond acceptors (Lipinski definition) is 6. The van der Waals surface area contributed by atoms with Crippen LogP contribution < -0.4 is 10.2 Å². The largest absolute Gasteiger partial charge is 0.356 e. The minimum Gasteiger partial charge on any atom is -0.356 e. The zero-order valence-corrected chi connectivity index (χ0v) is 19.1. The van der Waals surface area contributed by atoms with Crippen molar-refractivity contribution in [2.75, 3.05) is 25.5 Å². The van der Waals surface area contributed by atoms with Crippen LogP contribution in [0.3, 0.4) is 0 Å². The summed E-state index contributed by atoms with van der Waals surface area (Å²) in [4.78, 5) is 23.6. The van der Waals surface area contributed by atoms with Crippen LogP contribution in [0.5, 0.6) is 0 Å². The summed E-state index contributed by atoms with van der Waals surface area (Å²) in [6.45, 7) is 2.73. The lowest BCUT2D eigenvalue weighted by molar-refractivity contribution is -0.122. The number of carbonyl (C=O) groups excluding carboxylic acids is 1. The summed E-state index contributed by atoms with van der Waals surface area (Å²) in [5, 5.41) is 7.25. The number of aromatic nitrogens is 3. The van der Waals surface area contributed by atoms with E-state index in [4.69, 9.17) is 9.51 Å². The fourth-order valence-electron chi connectivity index (χ4n) is 5.04. The lowest BCUT2D eigenvalue weighted by Crippen LogP contribution is -2.32. The van der Waals surface area contributed by atoms with E-state index in [0.717, 1.165) is 60.9 Å². The molecule has 2 saturated carbocycles. The van der Waals surface area contributed by atoms with Gasteiger partial charge in [-0.1, -0.05) is 18.0 Å². The van der Waals surface area contributed by atoms with Crippen molar-refractivity contribution >= 4 is 11.9 Å². The molecule has 0 aromatic carbocycles. The molecule has 2 aromatic heterocycles. The van der Waals surface area contributed by atoms with Crippen LogP contribution in [0.15, 0.2) is 16.8 Å². The highest BCUT2D eigenvalue weighted by atomic mass is 16.5. The fraction of sp³-hybridized carbons (Fsp3) is 0.667. The molecule has 2 heterocycles. The third-order valence-electron chi connectivity index (χ3n) is 6.87. The van der Waals surface area contributed by atoms with Crippen molar-refractivity contribution in [3.05, 3.63) is 23.7 Å². The van der Waals surface area contributed by atoms with E-state index in [9.17, 15) is 4.79 Å². The van der Waals surface area contributed by atoms with Crippen molar-refractivity contribution in [3.8, 4) is 11.3 Å². The van der Waals surface area contributed by atoms with Crippen LogP contribution in [0.2, 0.25) is 0 Å². The summed E-state index contributed by atoms with van der Waals surface area (Å²) in [6, 6.07) is 1.95. The van der Waals surface area contributed by atoms with E-state index in [1.165, 1.54) is 25.7 Å². The van der Waals surface area contributed by atoms with Crippen LogP contribution in [0, 0.1) is 18.8 Å². The molecule has 2 aliphatic rings. The summed E-state index contributed by atoms with van der Waals surface area (Å²) >= 11 is 0. The molecule has 0 atom stereocenters. The molecule has 2 aromatic rings. The van der Waals surface area contributed by atoms with Gasteiger partial charge in [-0.05, 0) is 57.3 Å². The normalized spacial score (nSPS) is 21.9. The number of aryl methyl sites for hydroxylation is 1. The van der Waals surface area contributed by atoms with Gasteiger partial charge in [0, 0.05) is 45.2 Å². The summed E-state index contributed by atoms with van der Waals surface area (Å²) in [5.41, 5.74) is 2.85. The van der Waals surface area contributed by atoms with Crippen LogP contribution in [0.25, 0.3) is 11.3 Å². The maximum atomic E-state index is 12.3. The Hall–Kier alpha value is -2.44. The smallest absolute Gasteiger partial charge is 0.225 e. The van der Waals surface area contributed by atoms with E-state index in [1.54, 1.807) is 0 Å². The van der Waals surface area contributed by atoms with Crippen molar-refractivity contribution < 1.29 is 9.32 Å². The quantitative estimate of drug-likeness (QED) is 0.704. The molecule has 0 spiro atoms. The minimum atomic E-state index is 0.239. The Morgan fingerprint density at radius 1 is 1.13 bits per heavy atom. The summed E-state index contributed by atoms with van der Waals surface area (Å²) in [6.07, 6.45) is 11.9. The molecule has 168 valence electrons. The third kappa shape index (κ3) is 5.43. The van der Waals surface area contributed by atoms with Crippen molar-refractivity contribution in [2.45, 2.75) is 70.6 Å². The molecule has 4 rings (SSSR count). The van der Waals surface area contributed by atoms with E-state index in [-0.39, 0.29) is 5.91 Å². The lowest BCUT2D eigenvalue weighted by atomic mass is 9.79. The summed E-state index contributed by atoms with van der Waals surface area (Å²) in [5.74, 6) is 3.22. The van der Waals surface area contributed by atoms with Crippen molar-refractivity contribution in [1.82, 2.24) is 20.4 Å². The first-order valence-corrected chi connectivity index (χ1v) is 11.7. The van der Waals surface area contributed by atoms with Crippen molar-refractivity contribution in [3.63, 3.8) is 0 Å². The molecule has 0 bridgehead atoms. The van der Waals surface area contributed by atoms with E-state index >= 15 is 0 Å². The predicted octanol–water partition coefficient (Wildman–Crippen LogP) is 4.48. The van der Waals surface area contributed by atoms with Gasteiger partial charge in [-0.15, -0.1) is 0 Å².